The fourth-order valence-electron chi connectivity index (χ4n) is 2.40. The van der Waals surface area contributed by atoms with E-state index in [2.05, 4.69) is 0 Å². The third kappa shape index (κ3) is 10.7. The number of hydrogen-bond acceptors (Lipinski definition) is 7. The summed E-state index contributed by atoms with van der Waals surface area (Å²) in [6.45, 7) is -0.406. The Morgan fingerprint density at radius 1 is 0.441 bits per heavy atom. The Kier molecular flexibility index (Phi) is 12.2. The molecule has 0 aliphatic heterocycles. The molecule has 0 saturated heterocycles. The highest BCUT2D eigenvalue weighted by atomic mass is 16.2. The zero-order valence-electron chi connectivity index (χ0n) is 20.9. The molecule has 0 atom stereocenters. The lowest BCUT2D eigenvalue weighted by molar-refractivity contribution is -0.145. The smallest absolute Gasteiger partial charge is 0.242 e. The van der Waals surface area contributed by atoms with Crippen LogP contribution in [0, 0.1) is 0 Å². The van der Waals surface area contributed by atoms with E-state index in [-0.39, 0.29) is 45.2 Å². The fourth-order valence-corrected chi connectivity index (χ4v) is 2.40. The molecular formula is C20H35N7O7. The van der Waals surface area contributed by atoms with Crippen LogP contribution in [0.3, 0.4) is 0 Å². The lowest BCUT2D eigenvalue weighted by Gasteiger charge is -2.26. The van der Waals surface area contributed by atoms with Crippen molar-refractivity contribution in [1.29, 1.82) is 0 Å². The van der Waals surface area contributed by atoms with Gasteiger partial charge in [-0.15, -0.1) is 0 Å². The molecule has 0 aromatic heterocycles. The van der Waals surface area contributed by atoms with Crippen molar-refractivity contribution >= 4 is 41.4 Å². The maximum absolute atomic E-state index is 12.4. The van der Waals surface area contributed by atoms with Crippen molar-refractivity contribution in [2.24, 2.45) is 5.73 Å². The van der Waals surface area contributed by atoms with Gasteiger partial charge in [0.1, 0.15) is 0 Å². The monoisotopic (exact) mass is 485 g/mol. The first-order valence-electron chi connectivity index (χ1n) is 10.3. The predicted molar refractivity (Wildman–Crippen MR) is 121 cm³/mol. The Hall–Kier alpha value is -3.71. The minimum absolute atomic E-state index is 0.180. The van der Waals surface area contributed by atoms with Gasteiger partial charge in [-0.3, -0.25) is 33.6 Å². The molecule has 0 saturated carbocycles. The van der Waals surface area contributed by atoms with Crippen LogP contribution in [0.4, 0.5) is 0 Å². The number of hydrogen-bond donors (Lipinski definition) is 1. The number of primary amides is 1. The van der Waals surface area contributed by atoms with Crippen molar-refractivity contribution in [3.05, 3.63) is 0 Å². The van der Waals surface area contributed by atoms with E-state index < -0.39 is 35.4 Å². The summed E-state index contributed by atoms with van der Waals surface area (Å²) in [4.78, 5) is 90.1. The lowest BCUT2D eigenvalue weighted by Crippen LogP contribution is -2.48. The van der Waals surface area contributed by atoms with Gasteiger partial charge in [0, 0.05) is 49.2 Å². The quantitative estimate of drug-likeness (QED) is 0.296. The molecule has 34 heavy (non-hydrogen) atoms. The van der Waals surface area contributed by atoms with Gasteiger partial charge < -0.3 is 35.1 Å². The van der Waals surface area contributed by atoms with Crippen LogP contribution in [0.25, 0.3) is 0 Å². The van der Waals surface area contributed by atoms with Crippen LogP contribution >= 0.6 is 0 Å². The molecule has 0 aromatic rings. The fraction of sp³-hybridized carbons (Fsp3) is 0.650. The van der Waals surface area contributed by atoms with Crippen molar-refractivity contribution in [2.45, 2.75) is 6.92 Å². The molecule has 0 aliphatic rings. The summed E-state index contributed by atoms with van der Waals surface area (Å²) in [5, 5.41) is 0. The Morgan fingerprint density at radius 3 is 0.853 bits per heavy atom. The van der Waals surface area contributed by atoms with E-state index in [9.17, 15) is 33.6 Å². The molecule has 0 heterocycles. The average Bonchev–Trinajstić information content (AvgIpc) is 2.72. The first-order valence-corrected chi connectivity index (χ1v) is 10.3. The van der Waals surface area contributed by atoms with Crippen LogP contribution in [-0.4, -0.2) is 152 Å². The van der Waals surface area contributed by atoms with Crippen molar-refractivity contribution in [2.75, 3.05) is 81.6 Å². The van der Waals surface area contributed by atoms with Gasteiger partial charge in [0.05, 0.1) is 39.3 Å². The molecule has 192 valence electrons. The molecule has 0 rings (SSSR count). The summed E-state index contributed by atoms with van der Waals surface area (Å²) in [7, 11) is 8.39. The van der Waals surface area contributed by atoms with E-state index in [0.717, 1.165) is 24.5 Å². The summed E-state index contributed by atoms with van der Waals surface area (Å²) in [5.41, 5.74) is 5.03. The first-order chi connectivity index (χ1) is 15.6. The Labute approximate surface area is 199 Å². The van der Waals surface area contributed by atoms with Crippen LogP contribution in [-0.2, 0) is 33.6 Å². The second-order valence-corrected chi connectivity index (χ2v) is 8.09. The van der Waals surface area contributed by atoms with E-state index >= 15 is 0 Å². The van der Waals surface area contributed by atoms with E-state index in [1.165, 1.54) is 54.1 Å². The molecule has 0 aliphatic carbocycles. The van der Waals surface area contributed by atoms with E-state index in [1.807, 2.05) is 0 Å². The summed E-state index contributed by atoms with van der Waals surface area (Å²) < 4.78 is 0. The van der Waals surface area contributed by atoms with Gasteiger partial charge in [0.2, 0.25) is 41.4 Å². The number of likely N-dealkylation sites (N-methyl/N-ethyl adjacent to an activating group) is 6. The van der Waals surface area contributed by atoms with Crippen LogP contribution in [0.1, 0.15) is 6.92 Å². The third-order valence-electron chi connectivity index (χ3n) is 4.92. The molecule has 0 fully saturated rings. The van der Waals surface area contributed by atoms with Gasteiger partial charge in [0.15, 0.2) is 0 Å². The Balaban J connectivity index is 4.68. The van der Waals surface area contributed by atoms with Gasteiger partial charge >= 0.3 is 0 Å². The third-order valence-corrected chi connectivity index (χ3v) is 4.92. The topological polar surface area (TPSA) is 165 Å². The highest BCUT2D eigenvalue weighted by Gasteiger charge is 2.23. The molecule has 0 bridgehead atoms. The van der Waals surface area contributed by atoms with E-state index in [0.29, 0.717) is 0 Å². The van der Waals surface area contributed by atoms with Crippen molar-refractivity contribution in [1.82, 2.24) is 29.4 Å². The summed E-state index contributed by atoms with van der Waals surface area (Å²) in [6, 6.07) is 0. The lowest BCUT2D eigenvalue weighted by atomic mass is 10.3. The number of nitrogens with zero attached hydrogens (tertiary/aromatic N) is 6. The summed E-state index contributed by atoms with van der Waals surface area (Å²) >= 11 is 0. The number of rotatable bonds is 12. The maximum atomic E-state index is 12.4. The highest BCUT2D eigenvalue weighted by Crippen LogP contribution is 1.98. The Bertz CT molecular complexity index is 817. The van der Waals surface area contributed by atoms with Gasteiger partial charge in [0.25, 0.3) is 0 Å². The largest absolute Gasteiger partial charge is 0.368 e. The minimum atomic E-state index is -0.687. The normalized spacial score (nSPS) is 10.1. The molecule has 0 aromatic carbocycles. The number of carbonyl (C=O) groups excluding carboxylic acids is 7. The SMILES string of the molecule is CC(=O)N(C)CC(=O)N(C)CC(=O)N(C)CC(=O)N(C)CC(=O)N(C)CC(=O)N(C)CC(N)=O. The van der Waals surface area contributed by atoms with Crippen LogP contribution in [0.2, 0.25) is 0 Å². The number of carbonyl (C=O) groups is 7. The summed E-state index contributed by atoms with van der Waals surface area (Å²) in [6.07, 6.45) is 0. The predicted octanol–water partition coefficient (Wildman–Crippen LogP) is -3.76. The molecular weight excluding hydrogens is 450 g/mol. The average molecular weight is 486 g/mol. The highest BCUT2D eigenvalue weighted by molar-refractivity contribution is 5.92. The van der Waals surface area contributed by atoms with Crippen LogP contribution < -0.4 is 5.73 Å². The first kappa shape index (κ1) is 30.3. The van der Waals surface area contributed by atoms with Gasteiger partial charge in [-0.25, -0.2) is 0 Å². The van der Waals surface area contributed by atoms with Crippen molar-refractivity contribution in [3.8, 4) is 0 Å². The molecule has 14 heteroatoms. The number of nitrogens with two attached hydrogens (primary N) is 1. The Morgan fingerprint density at radius 2 is 0.647 bits per heavy atom. The van der Waals surface area contributed by atoms with Gasteiger partial charge in [-0.2, -0.15) is 0 Å². The molecule has 2 N–H and O–H groups in total. The molecule has 14 nitrogen and oxygen atoms in total. The van der Waals surface area contributed by atoms with Gasteiger partial charge in [-0.1, -0.05) is 0 Å². The van der Waals surface area contributed by atoms with Crippen molar-refractivity contribution < 1.29 is 33.6 Å². The zero-order valence-corrected chi connectivity index (χ0v) is 20.9. The van der Waals surface area contributed by atoms with E-state index in [1.54, 1.807) is 0 Å². The second kappa shape index (κ2) is 13.7. The number of amides is 7. The zero-order chi connectivity index (χ0) is 26.7. The second-order valence-electron chi connectivity index (χ2n) is 8.09. The molecule has 0 radical (unpaired) electrons. The minimum Gasteiger partial charge on any atom is -0.368 e. The molecule has 0 unspecified atom stereocenters. The van der Waals surface area contributed by atoms with Crippen molar-refractivity contribution in [3.63, 3.8) is 0 Å². The van der Waals surface area contributed by atoms with Gasteiger partial charge in [-0.05, 0) is 0 Å². The molecule has 0 spiro atoms. The van der Waals surface area contributed by atoms with E-state index in [4.69, 9.17) is 5.73 Å². The van der Waals surface area contributed by atoms with Crippen LogP contribution in [0.15, 0.2) is 0 Å². The standard InChI is InChI=1S/C20H35N7O7/c1-14(28)22(2)9-16(30)24(4)11-18(32)26(6)13-20(34)27(7)12-19(33)25(5)10-17(31)23(3)8-15(21)29/h8-13H2,1-7H3,(H2,21,29). The molecule has 7 amide bonds. The maximum Gasteiger partial charge on any atom is 0.242 e. The van der Waals surface area contributed by atoms with Crippen LogP contribution in [0.5, 0.6) is 0 Å². The summed E-state index contributed by atoms with van der Waals surface area (Å²) in [5.74, 6) is -3.47.